The lowest BCUT2D eigenvalue weighted by molar-refractivity contribution is 0.551. The number of halogens is 2. The van der Waals surface area contributed by atoms with Gasteiger partial charge in [-0.25, -0.2) is 0 Å². The summed E-state index contributed by atoms with van der Waals surface area (Å²) in [4.78, 5) is 0. The summed E-state index contributed by atoms with van der Waals surface area (Å²) >= 11 is 12.1. The van der Waals surface area contributed by atoms with E-state index in [-0.39, 0.29) is 6.04 Å². The van der Waals surface area contributed by atoms with Crippen LogP contribution < -0.4 is 11.3 Å². The van der Waals surface area contributed by atoms with Crippen molar-refractivity contribution in [3.8, 4) is 0 Å². The summed E-state index contributed by atoms with van der Waals surface area (Å²) in [5.74, 6) is 5.66. The van der Waals surface area contributed by atoms with E-state index in [1.54, 1.807) is 0 Å². The van der Waals surface area contributed by atoms with Gasteiger partial charge in [0.2, 0.25) is 0 Å². The normalized spacial score (nSPS) is 12.4. The van der Waals surface area contributed by atoms with Crippen LogP contribution in [-0.2, 0) is 6.42 Å². The lowest BCUT2D eigenvalue weighted by Crippen LogP contribution is -2.29. The fourth-order valence-electron chi connectivity index (χ4n) is 2.14. The topological polar surface area (TPSA) is 38.0 Å². The van der Waals surface area contributed by atoms with Gasteiger partial charge in [-0.1, -0.05) is 41.4 Å². The third-order valence-electron chi connectivity index (χ3n) is 3.00. The molecule has 4 heteroatoms. The molecule has 2 rings (SSSR count). The molecule has 0 heterocycles. The van der Waals surface area contributed by atoms with Crippen molar-refractivity contribution in [1.82, 2.24) is 5.43 Å². The Hall–Kier alpha value is -1.06. The van der Waals surface area contributed by atoms with Crippen molar-refractivity contribution in [2.45, 2.75) is 19.4 Å². The van der Waals surface area contributed by atoms with Gasteiger partial charge in [-0.3, -0.25) is 11.3 Å². The zero-order chi connectivity index (χ0) is 13.8. The summed E-state index contributed by atoms with van der Waals surface area (Å²) in [5, 5.41) is 1.46. The molecular formula is C15H16Cl2N2. The standard InChI is InChI=1S/C15H16Cl2N2/c1-10-5-12(9-14(17)6-10)15(19-18)8-11-3-2-4-13(16)7-11/h2-7,9,15,19H,8,18H2,1H3. The summed E-state index contributed by atoms with van der Waals surface area (Å²) in [6.45, 7) is 2.02. The molecule has 0 radical (unpaired) electrons. The number of nitrogens with one attached hydrogen (secondary N) is 1. The molecule has 1 atom stereocenters. The number of hydrogen-bond acceptors (Lipinski definition) is 2. The zero-order valence-electron chi connectivity index (χ0n) is 10.7. The SMILES string of the molecule is Cc1cc(Cl)cc(C(Cc2cccc(Cl)c2)NN)c1. The van der Waals surface area contributed by atoms with E-state index in [9.17, 15) is 0 Å². The fourth-order valence-corrected chi connectivity index (χ4v) is 2.65. The van der Waals surface area contributed by atoms with Gasteiger partial charge in [0.25, 0.3) is 0 Å². The molecule has 2 nitrogen and oxygen atoms in total. The predicted octanol–water partition coefficient (Wildman–Crippen LogP) is 4.05. The van der Waals surface area contributed by atoms with E-state index in [1.807, 2.05) is 43.3 Å². The second kappa shape index (κ2) is 6.40. The Labute approximate surface area is 123 Å². The molecule has 2 aromatic carbocycles. The van der Waals surface area contributed by atoms with Crippen molar-refractivity contribution >= 4 is 23.2 Å². The first-order valence-electron chi connectivity index (χ1n) is 6.06. The molecule has 2 aromatic rings. The van der Waals surface area contributed by atoms with Gasteiger partial charge in [0.15, 0.2) is 0 Å². The molecule has 0 aliphatic carbocycles. The van der Waals surface area contributed by atoms with Crippen LogP contribution in [0, 0.1) is 6.92 Å². The lowest BCUT2D eigenvalue weighted by Gasteiger charge is -2.17. The highest BCUT2D eigenvalue weighted by molar-refractivity contribution is 6.31. The average molecular weight is 295 g/mol. The lowest BCUT2D eigenvalue weighted by atomic mass is 9.98. The maximum Gasteiger partial charge on any atom is 0.0500 e. The van der Waals surface area contributed by atoms with Crippen LogP contribution in [0.2, 0.25) is 10.0 Å². The van der Waals surface area contributed by atoms with Crippen LogP contribution in [-0.4, -0.2) is 0 Å². The predicted molar refractivity (Wildman–Crippen MR) is 81.4 cm³/mol. The highest BCUT2D eigenvalue weighted by Crippen LogP contribution is 2.23. The minimum Gasteiger partial charge on any atom is -0.271 e. The molecule has 3 N–H and O–H groups in total. The minimum atomic E-state index is 0.0101. The van der Waals surface area contributed by atoms with Gasteiger partial charge in [-0.05, 0) is 54.3 Å². The first-order chi connectivity index (χ1) is 9.08. The molecule has 0 aliphatic rings. The van der Waals surface area contributed by atoms with Crippen molar-refractivity contribution in [3.05, 3.63) is 69.2 Å². The molecule has 0 aliphatic heterocycles. The molecule has 0 saturated carbocycles. The van der Waals surface area contributed by atoms with E-state index in [1.165, 1.54) is 0 Å². The molecule has 0 spiro atoms. The van der Waals surface area contributed by atoms with Crippen LogP contribution >= 0.6 is 23.2 Å². The van der Waals surface area contributed by atoms with Crippen LogP contribution in [0.1, 0.15) is 22.7 Å². The molecule has 19 heavy (non-hydrogen) atoms. The average Bonchev–Trinajstić information content (AvgIpc) is 2.34. The Balaban J connectivity index is 2.24. The van der Waals surface area contributed by atoms with Gasteiger partial charge in [0.05, 0.1) is 6.04 Å². The monoisotopic (exact) mass is 294 g/mol. The summed E-state index contributed by atoms with van der Waals surface area (Å²) in [6, 6.07) is 13.7. The number of benzene rings is 2. The molecule has 0 saturated heterocycles. The van der Waals surface area contributed by atoms with Crippen LogP contribution in [0.25, 0.3) is 0 Å². The Morgan fingerprint density at radius 2 is 1.89 bits per heavy atom. The third kappa shape index (κ3) is 3.95. The smallest absolute Gasteiger partial charge is 0.0500 e. The van der Waals surface area contributed by atoms with Crippen molar-refractivity contribution in [2.24, 2.45) is 5.84 Å². The van der Waals surface area contributed by atoms with Crippen molar-refractivity contribution in [3.63, 3.8) is 0 Å². The van der Waals surface area contributed by atoms with Gasteiger partial charge in [-0.15, -0.1) is 0 Å². The zero-order valence-corrected chi connectivity index (χ0v) is 12.2. The van der Waals surface area contributed by atoms with Crippen molar-refractivity contribution in [2.75, 3.05) is 0 Å². The first kappa shape index (κ1) is 14.4. The summed E-state index contributed by atoms with van der Waals surface area (Å²) in [7, 11) is 0. The Kier molecular flexibility index (Phi) is 4.83. The Morgan fingerprint density at radius 3 is 2.53 bits per heavy atom. The van der Waals surface area contributed by atoms with Gasteiger partial charge in [0.1, 0.15) is 0 Å². The molecule has 0 fully saturated rings. The molecular weight excluding hydrogens is 279 g/mol. The number of hydrogen-bond donors (Lipinski definition) is 2. The van der Waals surface area contributed by atoms with E-state index in [0.29, 0.717) is 0 Å². The largest absolute Gasteiger partial charge is 0.271 e. The van der Waals surface area contributed by atoms with E-state index >= 15 is 0 Å². The number of nitrogens with two attached hydrogens (primary N) is 1. The van der Waals surface area contributed by atoms with Gasteiger partial charge < -0.3 is 0 Å². The van der Waals surface area contributed by atoms with E-state index in [4.69, 9.17) is 29.0 Å². The molecule has 0 aromatic heterocycles. The molecule has 0 amide bonds. The van der Waals surface area contributed by atoms with Crippen LogP contribution in [0.15, 0.2) is 42.5 Å². The van der Waals surface area contributed by atoms with Crippen LogP contribution in [0.5, 0.6) is 0 Å². The number of aryl methyl sites for hydroxylation is 1. The van der Waals surface area contributed by atoms with Gasteiger partial charge in [-0.2, -0.15) is 0 Å². The van der Waals surface area contributed by atoms with E-state index in [2.05, 4.69) is 11.5 Å². The quantitative estimate of drug-likeness (QED) is 0.659. The fraction of sp³-hybridized carbons (Fsp3) is 0.200. The molecule has 100 valence electrons. The van der Waals surface area contributed by atoms with Crippen molar-refractivity contribution in [1.29, 1.82) is 0 Å². The Bertz CT molecular complexity index is 550. The summed E-state index contributed by atoms with van der Waals surface area (Å²) in [5.41, 5.74) is 6.17. The van der Waals surface area contributed by atoms with Crippen LogP contribution in [0.3, 0.4) is 0 Å². The number of hydrazine groups is 1. The Morgan fingerprint density at radius 1 is 1.11 bits per heavy atom. The minimum absolute atomic E-state index is 0.0101. The number of rotatable bonds is 4. The first-order valence-corrected chi connectivity index (χ1v) is 6.82. The summed E-state index contributed by atoms with van der Waals surface area (Å²) in [6.07, 6.45) is 0.761. The van der Waals surface area contributed by atoms with Crippen LogP contribution in [0.4, 0.5) is 0 Å². The van der Waals surface area contributed by atoms with Crippen molar-refractivity contribution < 1.29 is 0 Å². The second-order valence-electron chi connectivity index (χ2n) is 4.62. The van der Waals surface area contributed by atoms with Gasteiger partial charge in [0, 0.05) is 10.0 Å². The third-order valence-corrected chi connectivity index (χ3v) is 3.45. The summed E-state index contributed by atoms with van der Waals surface area (Å²) < 4.78 is 0. The maximum absolute atomic E-state index is 6.09. The van der Waals surface area contributed by atoms with E-state index < -0.39 is 0 Å². The van der Waals surface area contributed by atoms with Gasteiger partial charge >= 0.3 is 0 Å². The molecule has 0 bridgehead atoms. The highest BCUT2D eigenvalue weighted by Gasteiger charge is 2.12. The maximum atomic E-state index is 6.09. The highest BCUT2D eigenvalue weighted by atomic mass is 35.5. The van der Waals surface area contributed by atoms with E-state index in [0.717, 1.165) is 33.2 Å². The second-order valence-corrected chi connectivity index (χ2v) is 5.49. The molecule has 1 unspecified atom stereocenters.